The lowest BCUT2D eigenvalue weighted by Crippen LogP contribution is -2.14. The lowest BCUT2D eigenvalue weighted by molar-refractivity contribution is 0.589. The van der Waals surface area contributed by atoms with Crippen LogP contribution in [-0.4, -0.2) is 17.4 Å². The number of fused-ring (bicyclic) bond motifs is 1. The van der Waals surface area contributed by atoms with E-state index in [0.717, 1.165) is 11.1 Å². The molecule has 3 aromatic carbocycles. The van der Waals surface area contributed by atoms with Crippen molar-refractivity contribution in [2.24, 2.45) is 0 Å². The van der Waals surface area contributed by atoms with E-state index in [1.54, 1.807) is 24.3 Å². The van der Waals surface area contributed by atoms with Crippen molar-refractivity contribution in [3.63, 3.8) is 0 Å². The van der Waals surface area contributed by atoms with E-state index in [4.69, 9.17) is 0 Å². The smallest absolute Gasteiger partial charge is 0.227 e. The van der Waals surface area contributed by atoms with E-state index in [1.165, 1.54) is 3.97 Å². The van der Waals surface area contributed by atoms with Crippen LogP contribution in [0.1, 0.15) is 5.56 Å². The number of rotatable bonds is 3. The lowest BCUT2D eigenvalue weighted by atomic mass is 10.2. The number of benzene rings is 3. The van der Waals surface area contributed by atoms with Gasteiger partial charge in [0.2, 0.25) is 0 Å². The summed E-state index contributed by atoms with van der Waals surface area (Å²) < 4.78 is 28.9. The average molecular weight is 427 g/mol. The number of hydrogen-bond donors (Lipinski definition) is 0. The molecule has 0 bridgehead atoms. The van der Waals surface area contributed by atoms with Crippen LogP contribution in [0.3, 0.4) is 0 Å². The molecule has 1 aromatic heterocycles. The number of halogens is 1. The van der Waals surface area contributed by atoms with Crippen LogP contribution in [0.5, 0.6) is 0 Å². The van der Waals surface area contributed by atoms with Gasteiger partial charge in [-0.15, -0.1) is 0 Å². The Balaban J connectivity index is 2.09. The maximum absolute atomic E-state index is 13.5. The van der Waals surface area contributed by atoms with E-state index >= 15 is 0 Å². The number of imidazole rings is 1. The van der Waals surface area contributed by atoms with Gasteiger partial charge in [-0.2, -0.15) is 0 Å². The van der Waals surface area contributed by atoms with Crippen LogP contribution in [0.25, 0.3) is 22.4 Å². The van der Waals surface area contributed by atoms with Gasteiger partial charge in [0.1, 0.15) is 0 Å². The third-order valence-corrected chi connectivity index (χ3v) is 6.52. The van der Waals surface area contributed by atoms with Gasteiger partial charge in [0, 0.05) is 10.0 Å². The van der Waals surface area contributed by atoms with Crippen molar-refractivity contribution in [1.82, 2.24) is 8.96 Å². The first kappa shape index (κ1) is 17.0. The minimum absolute atomic E-state index is 0.232. The first-order valence-corrected chi connectivity index (χ1v) is 10.3. The van der Waals surface area contributed by atoms with Crippen LogP contribution >= 0.6 is 15.9 Å². The van der Waals surface area contributed by atoms with Gasteiger partial charge in [0.15, 0.2) is 5.82 Å². The standard InChI is InChI=1S/C20H15BrN2O2S/c1-14-10-12-16(13-11-14)26(24,25)23-19-17(21)8-5-9-18(19)22-20(23)15-6-3-2-4-7-15/h2-13H,1H3. The van der Waals surface area contributed by atoms with Crippen LogP contribution in [-0.2, 0) is 10.0 Å². The number of aryl methyl sites for hydroxylation is 1. The Labute approximate surface area is 160 Å². The second-order valence-electron chi connectivity index (χ2n) is 5.99. The maximum Gasteiger partial charge on any atom is 0.270 e. The molecule has 0 saturated heterocycles. The zero-order valence-electron chi connectivity index (χ0n) is 13.9. The highest BCUT2D eigenvalue weighted by Crippen LogP contribution is 2.33. The van der Waals surface area contributed by atoms with E-state index in [1.807, 2.05) is 55.5 Å². The molecule has 0 amide bonds. The molecule has 0 aliphatic rings. The van der Waals surface area contributed by atoms with Crippen molar-refractivity contribution in [1.29, 1.82) is 0 Å². The topological polar surface area (TPSA) is 52.0 Å². The molecule has 0 atom stereocenters. The normalized spacial score (nSPS) is 11.8. The molecule has 4 nitrogen and oxygen atoms in total. The second-order valence-corrected chi connectivity index (χ2v) is 8.63. The zero-order valence-corrected chi connectivity index (χ0v) is 16.3. The fourth-order valence-corrected chi connectivity index (χ4v) is 5.03. The summed E-state index contributed by atoms with van der Waals surface area (Å²) in [6.45, 7) is 1.93. The van der Waals surface area contributed by atoms with Gasteiger partial charge in [-0.05, 0) is 47.1 Å². The molecule has 0 aliphatic carbocycles. The van der Waals surface area contributed by atoms with Crippen LogP contribution in [0.2, 0.25) is 0 Å². The average Bonchev–Trinajstić information content (AvgIpc) is 3.05. The summed E-state index contributed by atoms with van der Waals surface area (Å²) in [6, 6.07) is 21.7. The molecule has 130 valence electrons. The highest BCUT2D eigenvalue weighted by Gasteiger charge is 2.26. The molecule has 26 heavy (non-hydrogen) atoms. The zero-order chi connectivity index (χ0) is 18.3. The van der Waals surface area contributed by atoms with Crippen LogP contribution in [0.15, 0.2) is 82.2 Å². The van der Waals surface area contributed by atoms with Gasteiger partial charge >= 0.3 is 0 Å². The van der Waals surface area contributed by atoms with E-state index in [2.05, 4.69) is 20.9 Å². The van der Waals surface area contributed by atoms with Crippen molar-refractivity contribution >= 4 is 37.0 Å². The van der Waals surface area contributed by atoms with Crippen LogP contribution < -0.4 is 0 Å². The Hall–Kier alpha value is -2.44. The van der Waals surface area contributed by atoms with Gasteiger partial charge in [0.25, 0.3) is 10.0 Å². The molecule has 4 rings (SSSR count). The summed E-state index contributed by atoms with van der Waals surface area (Å²) in [5.41, 5.74) is 2.90. The molecule has 4 aromatic rings. The van der Waals surface area contributed by atoms with Crippen LogP contribution in [0, 0.1) is 6.92 Å². The largest absolute Gasteiger partial charge is 0.270 e. The summed E-state index contributed by atoms with van der Waals surface area (Å²) in [5.74, 6) is 0.396. The molecular weight excluding hydrogens is 412 g/mol. The van der Waals surface area contributed by atoms with Gasteiger partial charge in [0.05, 0.1) is 15.9 Å². The minimum Gasteiger partial charge on any atom is -0.227 e. The quantitative estimate of drug-likeness (QED) is 0.462. The third kappa shape index (κ3) is 2.75. The molecule has 0 radical (unpaired) electrons. The minimum atomic E-state index is -3.82. The Morgan fingerprint density at radius 3 is 2.27 bits per heavy atom. The van der Waals surface area contributed by atoms with E-state index < -0.39 is 10.0 Å². The summed E-state index contributed by atoms with van der Waals surface area (Å²) >= 11 is 3.48. The fourth-order valence-electron chi connectivity index (χ4n) is 2.88. The van der Waals surface area contributed by atoms with Crippen LogP contribution in [0.4, 0.5) is 0 Å². The molecule has 0 fully saturated rings. The SMILES string of the molecule is Cc1ccc(S(=O)(=O)n2c(-c3ccccc3)nc3cccc(Br)c32)cc1. The van der Waals surface area contributed by atoms with Crippen molar-refractivity contribution < 1.29 is 8.42 Å². The Morgan fingerprint density at radius 1 is 0.885 bits per heavy atom. The number of hydrogen-bond acceptors (Lipinski definition) is 3. The second kappa shape index (κ2) is 6.37. The Kier molecular flexibility index (Phi) is 4.17. The molecular formula is C20H15BrN2O2S. The molecule has 0 saturated carbocycles. The molecule has 0 N–H and O–H groups in total. The first-order chi connectivity index (χ1) is 12.5. The van der Waals surface area contributed by atoms with Crippen molar-refractivity contribution in [2.75, 3.05) is 0 Å². The summed E-state index contributed by atoms with van der Waals surface area (Å²) in [6.07, 6.45) is 0. The summed E-state index contributed by atoms with van der Waals surface area (Å²) in [4.78, 5) is 4.84. The molecule has 0 spiro atoms. The van der Waals surface area contributed by atoms with Gasteiger partial charge < -0.3 is 0 Å². The van der Waals surface area contributed by atoms with Crippen molar-refractivity contribution in [2.45, 2.75) is 11.8 Å². The molecule has 0 aliphatic heterocycles. The first-order valence-electron chi connectivity index (χ1n) is 8.03. The monoisotopic (exact) mass is 426 g/mol. The molecule has 0 unspecified atom stereocenters. The van der Waals surface area contributed by atoms with Gasteiger partial charge in [-0.25, -0.2) is 17.4 Å². The molecule has 1 heterocycles. The van der Waals surface area contributed by atoms with Gasteiger partial charge in [-0.3, -0.25) is 0 Å². The highest BCUT2D eigenvalue weighted by atomic mass is 79.9. The number of aromatic nitrogens is 2. The fraction of sp³-hybridized carbons (Fsp3) is 0.0500. The van der Waals surface area contributed by atoms with E-state index in [-0.39, 0.29) is 4.90 Å². The third-order valence-electron chi connectivity index (χ3n) is 4.18. The van der Waals surface area contributed by atoms with E-state index in [9.17, 15) is 8.42 Å². The molecule has 6 heteroatoms. The van der Waals surface area contributed by atoms with Crippen molar-refractivity contribution in [3.8, 4) is 11.4 Å². The summed E-state index contributed by atoms with van der Waals surface area (Å²) in [7, 11) is -3.82. The Morgan fingerprint density at radius 2 is 1.58 bits per heavy atom. The van der Waals surface area contributed by atoms with E-state index in [0.29, 0.717) is 21.3 Å². The Bertz CT molecular complexity index is 1200. The highest BCUT2D eigenvalue weighted by molar-refractivity contribution is 9.10. The number of para-hydroxylation sites is 1. The lowest BCUT2D eigenvalue weighted by Gasteiger charge is -2.11. The number of nitrogens with zero attached hydrogens (tertiary/aromatic N) is 2. The van der Waals surface area contributed by atoms with Gasteiger partial charge in [-0.1, -0.05) is 54.1 Å². The van der Waals surface area contributed by atoms with Crippen molar-refractivity contribution in [3.05, 3.63) is 82.8 Å². The summed E-state index contributed by atoms with van der Waals surface area (Å²) in [5, 5.41) is 0. The maximum atomic E-state index is 13.5. The predicted octanol–water partition coefficient (Wildman–Crippen LogP) is 5.01. The predicted molar refractivity (Wildman–Crippen MR) is 107 cm³/mol.